The van der Waals surface area contributed by atoms with Crippen LogP contribution >= 0.6 is 0 Å². The molecule has 0 atom stereocenters. The zero-order valence-corrected chi connectivity index (χ0v) is 42.6. The van der Waals surface area contributed by atoms with Gasteiger partial charge in [0, 0.05) is 52.3 Å². The molecular formula is C64H81N3O2. The number of rotatable bonds is 31. The van der Waals surface area contributed by atoms with Gasteiger partial charge in [0.25, 0.3) is 11.8 Å². The molecule has 0 saturated heterocycles. The molecule has 0 unspecified atom stereocenters. The average molecular weight is 924 g/mol. The fourth-order valence-corrected chi connectivity index (χ4v) is 11.3. The second kappa shape index (κ2) is 25.4. The van der Waals surface area contributed by atoms with Crippen molar-refractivity contribution in [3.05, 3.63) is 108 Å². The van der Waals surface area contributed by atoms with Crippen molar-refractivity contribution in [2.45, 2.75) is 181 Å². The topological polar surface area (TPSA) is 63.1 Å². The van der Waals surface area contributed by atoms with E-state index in [0.717, 1.165) is 50.0 Å². The number of carbonyl (C=O) groups is 2. The molecule has 2 N–H and O–H groups in total. The third-order valence-corrected chi connectivity index (χ3v) is 15.2. The maximum Gasteiger partial charge on any atom is 0.251 e. The summed E-state index contributed by atoms with van der Waals surface area (Å²) in [6.07, 6.45) is 30.3. The third kappa shape index (κ3) is 12.0. The Morgan fingerprint density at radius 1 is 0.377 bits per heavy atom. The number of aromatic nitrogens is 1. The van der Waals surface area contributed by atoms with E-state index >= 15 is 0 Å². The number of amides is 2. The van der Waals surface area contributed by atoms with Gasteiger partial charge in [0.05, 0.1) is 11.0 Å². The van der Waals surface area contributed by atoms with Gasteiger partial charge in [0.2, 0.25) is 0 Å². The lowest BCUT2D eigenvalue weighted by Gasteiger charge is -2.17. The first-order chi connectivity index (χ1) is 34.0. The number of fused-ring (bicyclic) bond motifs is 1. The number of hydrogen-bond acceptors (Lipinski definition) is 2. The molecule has 0 aliphatic rings. The molecule has 0 saturated carbocycles. The van der Waals surface area contributed by atoms with Crippen LogP contribution in [0.3, 0.4) is 0 Å². The highest BCUT2D eigenvalue weighted by atomic mass is 16.2. The van der Waals surface area contributed by atoms with E-state index in [1.165, 1.54) is 200 Å². The van der Waals surface area contributed by atoms with Gasteiger partial charge in [-0.25, -0.2) is 0 Å². The summed E-state index contributed by atoms with van der Waals surface area (Å²) >= 11 is 0. The van der Waals surface area contributed by atoms with Crippen molar-refractivity contribution in [2.24, 2.45) is 0 Å². The molecule has 0 spiro atoms. The second-order valence-electron chi connectivity index (χ2n) is 20.3. The Labute approximate surface area is 413 Å². The van der Waals surface area contributed by atoms with Crippen LogP contribution in [0.25, 0.3) is 76.4 Å². The maximum atomic E-state index is 13.3. The van der Waals surface area contributed by atoms with E-state index < -0.39 is 0 Å². The number of aryl methyl sites for hydroxylation is 1. The van der Waals surface area contributed by atoms with Crippen molar-refractivity contribution >= 4 is 65.9 Å². The van der Waals surface area contributed by atoms with Gasteiger partial charge in [-0.15, -0.1) is 0 Å². The predicted octanol–water partition coefficient (Wildman–Crippen LogP) is 18.3. The van der Waals surface area contributed by atoms with Crippen molar-refractivity contribution in [3.63, 3.8) is 0 Å². The van der Waals surface area contributed by atoms with Crippen LogP contribution in [0.4, 0.5) is 0 Å². The summed E-state index contributed by atoms with van der Waals surface area (Å²) in [7, 11) is 0. The minimum Gasteiger partial charge on any atom is -0.352 e. The van der Waals surface area contributed by atoms with Gasteiger partial charge in [0.1, 0.15) is 0 Å². The molecule has 1 aromatic heterocycles. The molecule has 0 bridgehead atoms. The standard InChI is InChI=1S/C64H81N3O2/c1-4-7-10-13-16-19-22-25-42-65-63(68)49-38-34-47(35-39-49)55-45-57-61-59-51(30-28-32-53(55)59)52-31-29-33-54-56(46-58(62(61)60(52)54)67(57)44-27-24-21-18-15-12-9-6-3)48-36-40-50(41-37-48)64(69)66-43-26-23-20-17-14-11-8-5-2/h28-41,45-46H,4-27,42-44H2,1-3H3,(H,65,68)(H,66,69). The Hall–Kier alpha value is -5.42. The Morgan fingerprint density at radius 2 is 0.710 bits per heavy atom. The molecule has 0 radical (unpaired) electrons. The molecule has 2 amide bonds. The number of carbonyl (C=O) groups excluding carboxylic acids is 2. The summed E-state index contributed by atoms with van der Waals surface area (Å²) in [6.45, 7) is 9.21. The summed E-state index contributed by atoms with van der Waals surface area (Å²) < 4.78 is 2.63. The van der Waals surface area contributed by atoms with Gasteiger partial charge in [-0.2, -0.15) is 0 Å². The molecule has 1 heterocycles. The quantitative estimate of drug-likeness (QED) is 0.0259. The molecule has 5 nitrogen and oxygen atoms in total. The van der Waals surface area contributed by atoms with Crippen LogP contribution in [0.2, 0.25) is 0 Å². The Balaban J connectivity index is 1.09. The lowest BCUT2D eigenvalue weighted by molar-refractivity contribution is 0.0944. The smallest absolute Gasteiger partial charge is 0.251 e. The summed E-state index contributed by atoms with van der Waals surface area (Å²) in [5.74, 6) is 0.0193. The van der Waals surface area contributed by atoms with Gasteiger partial charge < -0.3 is 15.2 Å². The highest BCUT2D eigenvalue weighted by Crippen LogP contribution is 2.50. The molecule has 0 aliphatic heterocycles. The van der Waals surface area contributed by atoms with Crippen LogP contribution in [-0.2, 0) is 6.54 Å². The number of nitrogens with one attached hydrogen (secondary N) is 2. The number of nitrogens with zero attached hydrogens (tertiary/aromatic N) is 1. The van der Waals surface area contributed by atoms with E-state index in [0.29, 0.717) is 11.1 Å². The first-order valence-electron chi connectivity index (χ1n) is 27.8. The van der Waals surface area contributed by atoms with E-state index in [-0.39, 0.29) is 11.8 Å². The van der Waals surface area contributed by atoms with E-state index in [9.17, 15) is 9.59 Å². The van der Waals surface area contributed by atoms with Crippen LogP contribution in [0.1, 0.15) is 196 Å². The van der Waals surface area contributed by atoms with Crippen molar-refractivity contribution in [1.29, 1.82) is 0 Å². The zero-order chi connectivity index (χ0) is 47.8. The lowest BCUT2D eigenvalue weighted by Crippen LogP contribution is -2.24. The molecule has 7 aromatic carbocycles. The molecular weight excluding hydrogens is 843 g/mol. The van der Waals surface area contributed by atoms with Crippen molar-refractivity contribution in [1.82, 2.24) is 15.2 Å². The molecule has 8 rings (SSSR count). The monoisotopic (exact) mass is 924 g/mol. The maximum absolute atomic E-state index is 13.3. The number of benzene rings is 7. The number of hydrogen-bond donors (Lipinski definition) is 2. The Bertz CT molecular complexity index is 2650. The van der Waals surface area contributed by atoms with Crippen LogP contribution < -0.4 is 10.6 Å². The second-order valence-corrected chi connectivity index (χ2v) is 20.3. The largest absolute Gasteiger partial charge is 0.352 e. The summed E-state index contributed by atoms with van der Waals surface area (Å²) in [5.41, 5.74) is 8.66. The molecule has 8 aromatic rings. The summed E-state index contributed by atoms with van der Waals surface area (Å²) in [4.78, 5) is 26.7. The summed E-state index contributed by atoms with van der Waals surface area (Å²) in [6, 6.07) is 35.2. The van der Waals surface area contributed by atoms with Crippen molar-refractivity contribution < 1.29 is 9.59 Å². The Kier molecular flexibility index (Phi) is 18.4. The van der Waals surface area contributed by atoms with E-state index in [1.807, 2.05) is 24.3 Å². The predicted molar refractivity (Wildman–Crippen MR) is 298 cm³/mol. The Morgan fingerprint density at radius 3 is 1.09 bits per heavy atom. The van der Waals surface area contributed by atoms with Crippen LogP contribution in [0.15, 0.2) is 97.1 Å². The summed E-state index contributed by atoms with van der Waals surface area (Å²) in [5, 5.41) is 16.8. The lowest BCUT2D eigenvalue weighted by atomic mass is 9.85. The molecule has 5 heteroatoms. The van der Waals surface area contributed by atoms with E-state index in [1.54, 1.807) is 0 Å². The van der Waals surface area contributed by atoms with Crippen molar-refractivity contribution in [3.8, 4) is 22.3 Å². The molecule has 0 aliphatic carbocycles. The van der Waals surface area contributed by atoms with Crippen LogP contribution in [-0.4, -0.2) is 29.5 Å². The number of unbranched alkanes of at least 4 members (excludes halogenated alkanes) is 21. The van der Waals surface area contributed by atoms with Crippen LogP contribution in [0.5, 0.6) is 0 Å². The van der Waals surface area contributed by atoms with Crippen LogP contribution in [0, 0.1) is 0 Å². The molecule has 0 fully saturated rings. The third-order valence-electron chi connectivity index (χ3n) is 15.2. The van der Waals surface area contributed by atoms with Gasteiger partial charge >= 0.3 is 0 Å². The highest BCUT2D eigenvalue weighted by Gasteiger charge is 2.25. The zero-order valence-electron chi connectivity index (χ0n) is 42.6. The van der Waals surface area contributed by atoms with Crippen molar-refractivity contribution in [2.75, 3.05) is 13.1 Å². The van der Waals surface area contributed by atoms with E-state index in [2.05, 4.69) is 109 Å². The molecule has 69 heavy (non-hydrogen) atoms. The first-order valence-corrected chi connectivity index (χ1v) is 27.8. The minimum atomic E-state index is 0.00963. The van der Waals surface area contributed by atoms with Gasteiger partial charge in [-0.1, -0.05) is 216 Å². The fraction of sp³-hybridized carbons (Fsp3) is 0.469. The minimum absolute atomic E-state index is 0.00963. The van der Waals surface area contributed by atoms with E-state index in [4.69, 9.17) is 0 Å². The normalized spacial score (nSPS) is 11.9. The highest BCUT2D eigenvalue weighted by molar-refractivity contribution is 6.42. The first kappa shape index (κ1) is 50.0. The van der Waals surface area contributed by atoms with Gasteiger partial charge in [-0.3, -0.25) is 9.59 Å². The molecule has 364 valence electrons. The average Bonchev–Trinajstić information content (AvgIpc) is 3.70. The van der Waals surface area contributed by atoms with Gasteiger partial charge in [0.15, 0.2) is 0 Å². The fourth-order valence-electron chi connectivity index (χ4n) is 11.3. The van der Waals surface area contributed by atoms with Gasteiger partial charge in [-0.05, 0) is 99.5 Å². The SMILES string of the molecule is CCCCCCCCCCNC(=O)c1ccc(-c2cc3c4c5c2cccc5c2cccc5c(-c6ccc(C(=O)NCCCCCCCCCC)cc6)cc(c4c52)n3CCCCCCCCCC)cc1.